The van der Waals surface area contributed by atoms with Gasteiger partial charge in [-0.2, -0.15) is 0 Å². The first-order chi connectivity index (χ1) is 14.9. The van der Waals surface area contributed by atoms with E-state index in [4.69, 9.17) is 9.31 Å². The predicted molar refractivity (Wildman–Crippen MR) is 130 cm³/mol. The summed E-state index contributed by atoms with van der Waals surface area (Å²) in [5.74, 6) is 0.111. The fraction of sp³-hybridized carbons (Fsp3) is 0.417. The number of rotatable bonds is 1. The van der Waals surface area contributed by atoms with Gasteiger partial charge in [-0.05, 0) is 75.8 Å². The number of hydrogen-bond donors (Lipinski definition) is 2. The van der Waals surface area contributed by atoms with Crippen molar-refractivity contribution in [2.24, 2.45) is 0 Å². The summed E-state index contributed by atoms with van der Waals surface area (Å²) < 4.78 is 13.3. The zero-order valence-corrected chi connectivity index (χ0v) is 20.9. The third-order valence-corrected chi connectivity index (χ3v) is 7.83. The molecule has 3 heterocycles. The Hall–Kier alpha value is -2.16. The average Bonchev–Trinajstić information content (AvgIpc) is 3.31. The van der Waals surface area contributed by atoms with Crippen molar-refractivity contribution in [3.8, 4) is 0 Å². The van der Waals surface area contributed by atoms with Crippen molar-refractivity contribution in [1.29, 1.82) is 0 Å². The van der Waals surface area contributed by atoms with Crippen LogP contribution >= 0.6 is 15.9 Å². The molecule has 0 radical (unpaired) electrons. The number of aryl methyl sites for hydroxylation is 2. The second-order valence-corrected chi connectivity index (χ2v) is 10.4. The van der Waals surface area contributed by atoms with E-state index in [1.807, 2.05) is 65.8 Å². The summed E-state index contributed by atoms with van der Waals surface area (Å²) in [5.41, 5.74) is 6.44. The van der Waals surface area contributed by atoms with Crippen LogP contribution in [0.1, 0.15) is 49.9 Å². The predicted octanol–water partition coefficient (Wildman–Crippen LogP) is 4.04. The molecular weight excluding hydrogens is 471 g/mol. The molecule has 3 aliphatic rings. The van der Waals surface area contributed by atoms with Gasteiger partial charge in [-0.1, -0.05) is 33.6 Å². The molecule has 0 spiro atoms. The minimum atomic E-state index is -0.414. The molecule has 2 aromatic rings. The van der Waals surface area contributed by atoms with E-state index in [2.05, 4.69) is 26.6 Å². The van der Waals surface area contributed by atoms with Gasteiger partial charge in [0.2, 0.25) is 11.8 Å². The molecule has 1 saturated heterocycles. The lowest BCUT2D eigenvalue weighted by Crippen LogP contribution is -2.41. The Labute approximate surface area is 197 Å². The number of carbonyl (C=O) groups is 2. The first-order valence-electron chi connectivity index (χ1n) is 10.8. The highest BCUT2D eigenvalue weighted by molar-refractivity contribution is 9.10. The molecular formula is C24H28BBrN2O4. The normalized spacial score (nSPS) is 19.7. The number of carbonyl (C=O) groups excluding carboxylic acids is 2. The average molecular weight is 499 g/mol. The zero-order valence-electron chi connectivity index (χ0n) is 19.3. The monoisotopic (exact) mass is 498 g/mol. The van der Waals surface area contributed by atoms with E-state index in [0.29, 0.717) is 12.8 Å². The maximum atomic E-state index is 11.6. The third kappa shape index (κ3) is 4.00. The Balaban J connectivity index is 0.000000174. The van der Waals surface area contributed by atoms with Crippen LogP contribution in [0, 0.1) is 13.8 Å². The van der Waals surface area contributed by atoms with Crippen LogP contribution in [0.15, 0.2) is 28.7 Å². The maximum Gasteiger partial charge on any atom is 0.495 e. The lowest BCUT2D eigenvalue weighted by molar-refractivity contribution is -0.115. The van der Waals surface area contributed by atoms with Crippen molar-refractivity contribution in [2.45, 2.75) is 65.6 Å². The zero-order chi connectivity index (χ0) is 23.4. The van der Waals surface area contributed by atoms with Crippen molar-refractivity contribution in [2.75, 3.05) is 10.6 Å². The van der Waals surface area contributed by atoms with Crippen LogP contribution < -0.4 is 16.1 Å². The molecule has 0 aliphatic carbocycles. The van der Waals surface area contributed by atoms with Gasteiger partial charge in [-0.3, -0.25) is 9.59 Å². The molecule has 32 heavy (non-hydrogen) atoms. The van der Waals surface area contributed by atoms with Crippen molar-refractivity contribution >= 4 is 51.7 Å². The molecule has 2 amide bonds. The Kier molecular flexibility index (Phi) is 5.76. The van der Waals surface area contributed by atoms with Crippen molar-refractivity contribution < 1.29 is 18.9 Å². The molecule has 0 atom stereocenters. The smallest absolute Gasteiger partial charge is 0.399 e. The summed E-state index contributed by atoms with van der Waals surface area (Å²) in [6.45, 7) is 12.2. The molecule has 0 bridgehead atoms. The topological polar surface area (TPSA) is 76.7 Å². The Morgan fingerprint density at radius 1 is 0.812 bits per heavy atom. The van der Waals surface area contributed by atoms with Gasteiger partial charge in [0, 0.05) is 15.8 Å². The van der Waals surface area contributed by atoms with Crippen LogP contribution in [-0.4, -0.2) is 30.1 Å². The van der Waals surface area contributed by atoms with Gasteiger partial charge in [-0.15, -0.1) is 0 Å². The first kappa shape index (κ1) is 23.0. The third-order valence-electron chi connectivity index (χ3n) is 6.72. The molecule has 2 N–H and O–H groups in total. The molecule has 168 valence electrons. The Morgan fingerprint density at radius 2 is 1.28 bits per heavy atom. The number of amides is 2. The van der Waals surface area contributed by atoms with Crippen LogP contribution in [-0.2, 0) is 31.7 Å². The lowest BCUT2D eigenvalue weighted by Gasteiger charge is -2.32. The number of anilines is 2. The molecule has 2 aromatic carbocycles. The quantitative estimate of drug-likeness (QED) is 0.581. The molecule has 6 nitrogen and oxygen atoms in total. The van der Waals surface area contributed by atoms with Gasteiger partial charge in [0.15, 0.2) is 0 Å². The highest BCUT2D eigenvalue weighted by atomic mass is 79.9. The minimum Gasteiger partial charge on any atom is -0.399 e. The highest BCUT2D eigenvalue weighted by Crippen LogP contribution is 2.38. The van der Waals surface area contributed by atoms with E-state index < -0.39 is 7.12 Å². The summed E-state index contributed by atoms with van der Waals surface area (Å²) in [7, 11) is -0.414. The summed E-state index contributed by atoms with van der Waals surface area (Å²) in [6, 6.07) is 7.89. The molecule has 3 aliphatic heterocycles. The highest BCUT2D eigenvalue weighted by Gasteiger charge is 2.53. The largest absolute Gasteiger partial charge is 0.495 e. The maximum absolute atomic E-state index is 11.6. The SMILES string of the molecule is Cc1ccc2c(c1B1OC(C)(C)C(C)(C)O1)CC(=O)N2.Cc1ccc2c(c1Br)CC(=O)N2. The van der Waals surface area contributed by atoms with Crippen molar-refractivity contribution in [1.82, 2.24) is 0 Å². The van der Waals surface area contributed by atoms with Crippen molar-refractivity contribution in [3.63, 3.8) is 0 Å². The van der Waals surface area contributed by atoms with Crippen LogP contribution in [0.25, 0.3) is 0 Å². The van der Waals surface area contributed by atoms with E-state index in [1.165, 1.54) is 5.56 Å². The van der Waals surface area contributed by atoms with Gasteiger partial charge >= 0.3 is 7.12 Å². The number of fused-ring (bicyclic) bond motifs is 2. The second kappa shape index (κ2) is 8.01. The molecule has 8 heteroatoms. The summed E-state index contributed by atoms with van der Waals surface area (Å²) in [6.07, 6.45) is 0.897. The minimum absolute atomic E-state index is 0.0309. The van der Waals surface area contributed by atoms with Crippen LogP contribution in [0.4, 0.5) is 11.4 Å². The van der Waals surface area contributed by atoms with E-state index in [1.54, 1.807) is 0 Å². The summed E-state index contributed by atoms with van der Waals surface area (Å²) in [5, 5.41) is 5.68. The number of hydrogen-bond acceptors (Lipinski definition) is 4. The Morgan fingerprint density at radius 3 is 1.84 bits per heavy atom. The summed E-state index contributed by atoms with van der Waals surface area (Å²) >= 11 is 3.47. The molecule has 0 unspecified atom stereocenters. The van der Waals surface area contributed by atoms with Gasteiger partial charge in [-0.25, -0.2) is 0 Å². The van der Waals surface area contributed by atoms with E-state index in [-0.39, 0.29) is 23.0 Å². The van der Waals surface area contributed by atoms with E-state index in [0.717, 1.165) is 38.0 Å². The summed E-state index contributed by atoms with van der Waals surface area (Å²) in [4.78, 5) is 22.7. The lowest BCUT2D eigenvalue weighted by atomic mass is 9.72. The van der Waals surface area contributed by atoms with E-state index in [9.17, 15) is 9.59 Å². The molecule has 0 aromatic heterocycles. The fourth-order valence-corrected chi connectivity index (χ4v) is 4.60. The van der Waals surface area contributed by atoms with Gasteiger partial charge < -0.3 is 19.9 Å². The Bertz CT molecular complexity index is 1110. The number of halogens is 1. The van der Waals surface area contributed by atoms with Gasteiger partial charge in [0.05, 0.1) is 24.0 Å². The first-order valence-corrected chi connectivity index (χ1v) is 11.5. The number of benzene rings is 2. The van der Waals surface area contributed by atoms with Crippen LogP contribution in [0.5, 0.6) is 0 Å². The van der Waals surface area contributed by atoms with Crippen LogP contribution in [0.2, 0.25) is 0 Å². The van der Waals surface area contributed by atoms with Crippen molar-refractivity contribution in [3.05, 3.63) is 51.0 Å². The molecule has 5 rings (SSSR count). The molecule has 0 saturated carbocycles. The second-order valence-electron chi connectivity index (χ2n) is 9.58. The molecule has 1 fully saturated rings. The van der Waals surface area contributed by atoms with E-state index >= 15 is 0 Å². The van der Waals surface area contributed by atoms with Crippen LogP contribution in [0.3, 0.4) is 0 Å². The van der Waals surface area contributed by atoms with Gasteiger partial charge in [0.1, 0.15) is 0 Å². The number of nitrogens with one attached hydrogen (secondary N) is 2. The fourth-order valence-electron chi connectivity index (χ4n) is 4.12. The standard InChI is InChI=1S/C15H20BNO3.C9H8BrNO/c1-9-6-7-11-10(8-12(18)17-11)13(9)16-19-14(2,3)15(4,5)20-16;1-5-2-3-7-6(9(5)10)4-8(12)11-7/h6-7H,8H2,1-5H3,(H,17,18);2-3H,4H2,1H3,(H,11,12). The van der Waals surface area contributed by atoms with Gasteiger partial charge in [0.25, 0.3) is 0 Å².